The Balaban J connectivity index is 2.21. The van der Waals surface area contributed by atoms with Crippen molar-refractivity contribution in [3.05, 3.63) is 21.9 Å². The molecule has 1 amide bonds. The SMILES string of the molecule is CC(C)(C)OC(=O)N1CCCCC1c1ccsc1C=O. The Morgan fingerprint density at radius 1 is 1.45 bits per heavy atom. The second-order valence-corrected chi connectivity index (χ2v) is 6.99. The molecule has 110 valence electrons. The van der Waals surface area contributed by atoms with Crippen LogP contribution in [0.2, 0.25) is 0 Å². The van der Waals surface area contributed by atoms with Gasteiger partial charge in [-0.15, -0.1) is 11.3 Å². The van der Waals surface area contributed by atoms with E-state index in [1.54, 1.807) is 4.90 Å². The van der Waals surface area contributed by atoms with E-state index in [9.17, 15) is 9.59 Å². The summed E-state index contributed by atoms with van der Waals surface area (Å²) in [5, 5.41) is 1.90. The molecule has 0 aromatic carbocycles. The molecule has 1 saturated heterocycles. The van der Waals surface area contributed by atoms with Crippen molar-refractivity contribution in [2.75, 3.05) is 6.54 Å². The first-order valence-corrected chi connectivity index (χ1v) is 7.82. The standard InChI is InChI=1S/C15H21NO3S/c1-15(2,3)19-14(18)16-8-5-4-6-12(16)11-7-9-20-13(11)10-17/h7,9-10,12H,4-6,8H2,1-3H3. The van der Waals surface area contributed by atoms with Gasteiger partial charge in [0.25, 0.3) is 0 Å². The summed E-state index contributed by atoms with van der Waals surface area (Å²) in [5.41, 5.74) is 0.455. The van der Waals surface area contributed by atoms with E-state index in [0.717, 1.165) is 31.1 Å². The van der Waals surface area contributed by atoms with Gasteiger partial charge in [-0.3, -0.25) is 4.79 Å². The number of aldehydes is 1. The maximum Gasteiger partial charge on any atom is 0.410 e. The van der Waals surface area contributed by atoms with Gasteiger partial charge in [-0.2, -0.15) is 0 Å². The monoisotopic (exact) mass is 295 g/mol. The number of thiophene rings is 1. The predicted octanol–water partition coefficient (Wildman–Crippen LogP) is 4.02. The lowest BCUT2D eigenvalue weighted by molar-refractivity contribution is 0.00947. The normalized spacial score (nSPS) is 19.8. The minimum absolute atomic E-state index is 0.0370. The summed E-state index contributed by atoms with van der Waals surface area (Å²) in [7, 11) is 0. The molecule has 0 aliphatic carbocycles. The highest BCUT2D eigenvalue weighted by Crippen LogP contribution is 2.35. The van der Waals surface area contributed by atoms with Gasteiger partial charge in [0, 0.05) is 6.54 Å². The van der Waals surface area contributed by atoms with Crippen LogP contribution in [-0.2, 0) is 4.74 Å². The molecule has 1 aliphatic heterocycles. The van der Waals surface area contributed by atoms with Crippen LogP contribution in [0.25, 0.3) is 0 Å². The lowest BCUT2D eigenvalue weighted by atomic mass is 9.96. The molecule has 0 bridgehead atoms. The molecule has 1 fully saturated rings. The average molecular weight is 295 g/mol. The summed E-state index contributed by atoms with van der Waals surface area (Å²) in [6.45, 7) is 6.29. The van der Waals surface area contributed by atoms with Crippen LogP contribution in [-0.4, -0.2) is 29.4 Å². The topological polar surface area (TPSA) is 46.6 Å². The number of rotatable bonds is 2. The number of carbonyl (C=O) groups is 2. The number of nitrogens with zero attached hydrogens (tertiary/aromatic N) is 1. The Labute approximate surface area is 123 Å². The highest BCUT2D eigenvalue weighted by Gasteiger charge is 2.32. The zero-order valence-corrected chi connectivity index (χ0v) is 13.0. The van der Waals surface area contributed by atoms with Crippen molar-refractivity contribution in [1.82, 2.24) is 4.90 Å². The smallest absolute Gasteiger partial charge is 0.410 e. The molecule has 0 N–H and O–H groups in total. The minimum Gasteiger partial charge on any atom is -0.444 e. The summed E-state index contributed by atoms with van der Waals surface area (Å²) < 4.78 is 5.48. The van der Waals surface area contributed by atoms with Crippen molar-refractivity contribution in [2.45, 2.75) is 51.7 Å². The first-order chi connectivity index (χ1) is 9.42. The van der Waals surface area contributed by atoms with Crippen LogP contribution >= 0.6 is 11.3 Å². The summed E-state index contributed by atoms with van der Waals surface area (Å²) >= 11 is 1.42. The molecule has 5 heteroatoms. The van der Waals surface area contributed by atoms with Crippen molar-refractivity contribution in [3.8, 4) is 0 Å². The van der Waals surface area contributed by atoms with E-state index in [1.165, 1.54) is 11.3 Å². The zero-order chi connectivity index (χ0) is 14.8. The number of piperidine rings is 1. The maximum atomic E-state index is 12.3. The van der Waals surface area contributed by atoms with Gasteiger partial charge in [0.1, 0.15) is 5.60 Å². The maximum absolute atomic E-state index is 12.3. The number of amides is 1. The van der Waals surface area contributed by atoms with Crippen molar-refractivity contribution < 1.29 is 14.3 Å². The van der Waals surface area contributed by atoms with E-state index < -0.39 is 5.60 Å². The third-order valence-electron chi connectivity index (χ3n) is 3.32. The van der Waals surface area contributed by atoms with Crippen LogP contribution < -0.4 is 0 Å². The summed E-state index contributed by atoms with van der Waals surface area (Å²) in [5.74, 6) is 0. The van der Waals surface area contributed by atoms with E-state index in [-0.39, 0.29) is 12.1 Å². The van der Waals surface area contributed by atoms with Crippen LogP contribution in [0.1, 0.15) is 61.3 Å². The lowest BCUT2D eigenvalue weighted by Gasteiger charge is -2.36. The second kappa shape index (κ2) is 5.95. The Kier molecular flexibility index (Phi) is 4.48. The molecule has 0 saturated carbocycles. The Morgan fingerprint density at radius 2 is 2.20 bits per heavy atom. The van der Waals surface area contributed by atoms with Gasteiger partial charge in [0.15, 0.2) is 6.29 Å². The first kappa shape index (κ1) is 15.0. The summed E-state index contributed by atoms with van der Waals surface area (Å²) in [6.07, 6.45) is 3.53. The molecule has 0 radical (unpaired) electrons. The van der Waals surface area contributed by atoms with E-state index >= 15 is 0 Å². The number of carbonyl (C=O) groups excluding carboxylic acids is 2. The van der Waals surface area contributed by atoms with Crippen molar-refractivity contribution in [1.29, 1.82) is 0 Å². The van der Waals surface area contributed by atoms with Crippen LogP contribution in [0.3, 0.4) is 0 Å². The van der Waals surface area contributed by atoms with Gasteiger partial charge in [0.05, 0.1) is 10.9 Å². The van der Waals surface area contributed by atoms with Gasteiger partial charge in [-0.1, -0.05) is 0 Å². The highest BCUT2D eigenvalue weighted by atomic mass is 32.1. The van der Waals surface area contributed by atoms with Gasteiger partial charge in [0.2, 0.25) is 0 Å². The molecular formula is C15H21NO3S. The first-order valence-electron chi connectivity index (χ1n) is 6.94. The quantitative estimate of drug-likeness (QED) is 0.774. The largest absolute Gasteiger partial charge is 0.444 e. The average Bonchev–Trinajstić information content (AvgIpc) is 2.84. The lowest BCUT2D eigenvalue weighted by Crippen LogP contribution is -2.42. The molecule has 2 heterocycles. The predicted molar refractivity (Wildman–Crippen MR) is 79.2 cm³/mol. The van der Waals surface area contributed by atoms with Gasteiger partial charge < -0.3 is 9.64 Å². The third-order valence-corrected chi connectivity index (χ3v) is 4.18. The fraction of sp³-hybridized carbons (Fsp3) is 0.600. The van der Waals surface area contributed by atoms with Crippen molar-refractivity contribution >= 4 is 23.7 Å². The minimum atomic E-state index is -0.499. The molecule has 2 rings (SSSR count). The van der Waals surface area contributed by atoms with Crippen LogP contribution in [0, 0.1) is 0 Å². The number of ether oxygens (including phenoxy) is 1. The molecule has 1 atom stereocenters. The van der Waals surface area contributed by atoms with Gasteiger partial charge >= 0.3 is 6.09 Å². The van der Waals surface area contributed by atoms with E-state index in [1.807, 2.05) is 32.2 Å². The van der Waals surface area contributed by atoms with E-state index in [0.29, 0.717) is 11.4 Å². The van der Waals surface area contributed by atoms with E-state index in [4.69, 9.17) is 4.74 Å². The Morgan fingerprint density at radius 3 is 2.85 bits per heavy atom. The fourth-order valence-electron chi connectivity index (χ4n) is 2.50. The molecule has 1 aromatic rings. The Bertz CT molecular complexity index is 490. The number of hydrogen-bond donors (Lipinski definition) is 0. The fourth-order valence-corrected chi connectivity index (χ4v) is 3.25. The summed E-state index contributed by atoms with van der Waals surface area (Å²) in [4.78, 5) is 25.9. The zero-order valence-electron chi connectivity index (χ0n) is 12.2. The third kappa shape index (κ3) is 3.39. The second-order valence-electron chi connectivity index (χ2n) is 6.04. The highest BCUT2D eigenvalue weighted by molar-refractivity contribution is 7.11. The molecule has 20 heavy (non-hydrogen) atoms. The van der Waals surface area contributed by atoms with Crippen LogP contribution in [0.4, 0.5) is 4.79 Å². The number of likely N-dealkylation sites (tertiary alicyclic amines) is 1. The molecular weight excluding hydrogens is 274 g/mol. The number of hydrogen-bond acceptors (Lipinski definition) is 4. The molecule has 0 spiro atoms. The van der Waals surface area contributed by atoms with Gasteiger partial charge in [-0.25, -0.2) is 4.79 Å². The molecule has 1 unspecified atom stereocenters. The van der Waals surface area contributed by atoms with Crippen molar-refractivity contribution in [2.24, 2.45) is 0 Å². The molecule has 4 nitrogen and oxygen atoms in total. The van der Waals surface area contributed by atoms with Crippen LogP contribution in [0.5, 0.6) is 0 Å². The van der Waals surface area contributed by atoms with E-state index in [2.05, 4.69) is 0 Å². The van der Waals surface area contributed by atoms with Crippen molar-refractivity contribution in [3.63, 3.8) is 0 Å². The van der Waals surface area contributed by atoms with Crippen LogP contribution in [0.15, 0.2) is 11.4 Å². The summed E-state index contributed by atoms with van der Waals surface area (Å²) in [6, 6.07) is 1.91. The molecule has 1 aliphatic rings. The van der Waals surface area contributed by atoms with Gasteiger partial charge in [-0.05, 0) is 57.0 Å². The Hall–Kier alpha value is -1.36. The molecule has 1 aromatic heterocycles.